The minimum absolute atomic E-state index is 0.0212. The molecular formula is C14H15FN2O. The van der Waals surface area contributed by atoms with Gasteiger partial charge in [0, 0.05) is 24.1 Å². The fraction of sp³-hybridized carbons (Fsp3) is 0.214. The first-order valence-corrected chi connectivity index (χ1v) is 5.81. The fourth-order valence-electron chi connectivity index (χ4n) is 1.69. The first-order valence-electron chi connectivity index (χ1n) is 5.81. The van der Waals surface area contributed by atoms with Gasteiger partial charge in [0.05, 0.1) is 5.56 Å². The number of halogens is 1. The van der Waals surface area contributed by atoms with E-state index in [2.05, 4.69) is 5.32 Å². The zero-order valence-corrected chi connectivity index (χ0v) is 10.4. The average molecular weight is 246 g/mol. The van der Waals surface area contributed by atoms with E-state index >= 15 is 0 Å². The minimum Gasteiger partial charge on any atom is -0.350 e. The number of aromatic nitrogens is 1. The number of carbonyl (C=O) groups is 1. The fourth-order valence-corrected chi connectivity index (χ4v) is 1.69. The highest BCUT2D eigenvalue weighted by Crippen LogP contribution is 2.14. The molecule has 0 spiro atoms. The molecule has 2 aromatic rings. The summed E-state index contributed by atoms with van der Waals surface area (Å²) in [6.45, 7) is 3.68. The maximum atomic E-state index is 13.6. The molecule has 0 aliphatic carbocycles. The molecule has 0 atom stereocenters. The van der Waals surface area contributed by atoms with Gasteiger partial charge in [0.1, 0.15) is 5.82 Å². The van der Waals surface area contributed by atoms with Crippen molar-refractivity contribution in [3.63, 3.8) is 0 Å². The second-order valence-electron chi connectivity index (χ2n) is 4.38. The number of nitrogens with one attached hydrogen (secondary N) is 1. The lowest BCUT2D eigenvalue weighted by Crippen LogP contribution is -2.30. The van der Waals surface area contributed by atoms with Crippen molar-refractivity contribution in [1.29, 1.82) is 0 Å². The third-order valence-electron chi connectivity index (χ3n) is 2.52. The summed E-state index contributed by atoms with van der Waals surface area (Å²) in [5.74, 6) is -0.902. The van der Waals surface area contributed by atoms with Crippen molar-refractivity contribution in [3.8, 4) is 5.69 Å². The normalized spacial score (nSPS) is 10.7. The molecule has 2 rings (SSSR count). The highest BCUT2D eigenvalue weighted by atomic mass is 19.1. The molecule has 1 amide bonds. The quantitative estimate of drug-likeness (QED) is 0.887. The van der Waals surface area contributed by atoms with Crippen LogP contribution in [-0.4, -0.2) is 16.5 Å². The van der Waals surface area contributed by atoms with Crippen molar-refractivity contribution in [2.75, 3.05) is 0 Å². The predicted octanol–water partition coefficient (Wildman–Crippen LogP) is 2.75. The van der Waals surface area contributed by atoms with E-state index in [9.17, 15) is 9.18 Å². The summed E-state index contributed by atoms with van der Waals surface area (Å²) in [5.41, 5.74) is 0.824. The van der Waals surface area contributed by atoms with Gasteiger partial charge in [-0.2, -0.15) is 0 Å². The SMILES string of the molecule is CC(C)NC(=O)c1cc(-n2cccc2)ccc1F. The molecule has 3 nitrogen and oxygen atoms in total. The Bertz CT molecular complexity index is 547. The highest BCUT2D eigenvalue weighted by Gasteiger charge is 2.13. The molecule has 4 heteroatoms. The van der Waals surface area contributed by atoms with E-state index < -0.39 is 11.7 Å². The van der Waals surface area contributed by atoms with Gasteiger partial charge in [0.25, 0.3) is 5.91 Å². The molecule has 1 aromatic heterocycles. The largest absolute Gasteiger partial charge is 0.350 e. The number of hydrogen-bond acceptors (Lipinski definition) is 1. The van der Waals surface area contributed by atoms with E-state index in [0.29, 0.717) is 0 Å². The Morgan fingerprint density at radius 3 is 2.56 bits per heavy atom. The first-order chi connectivity index (χ1) is 8.58. The van der Waals surface area contributed by atoms with Crippen LogP contribution >= 0.6 is 0 Å². The maximum Gasteiger partial charge on any atom is 0.254 e. The first kappa shape index (κ1) is 12.4. The summed E-state index contributed by atoms with van der Waals surface area (Å²) in [5, 5.41) is 2.68. The Labute approximate surface area is 105 Å². The molecule has 0 saturated heterocycles. The van der Waals surface area contributed by atoms with Crippen LogP contribution in [0.5, 0.6) is 0 Å². The van der Waals surface area contributed by atoms with Crippen LogP contribution in [-0.2, 0) is 0 Å². The molecule has 1 N–H and O–H groups in total. The Balaban J connectivity index is 2.36. The summed E-state index contributed by atoms with van der Waals surface area (Å²) in [6.07, 6.45) is 3.69. The number of benzene rings is 1. The lowest BCUT2D eigenvalue weighted by atomic mass is 10.1. The van der Waals surface area contributed by atoms with Crippen molar-refractivity contribution >= 4 is 5.91 Å². The van der Waals surface area contributed by atoms with Crippen molar-refractivity contribution in [2.45, 2.75) is 19.9 Å². The third-order valence-corrected chi connectivity index (χ3v) is 2.52. The number of hydrogen-bond donors (Lipinski definition) is 1. The summed E-state index contributed by atoms with van der Waals surface area (Å²) in [6, 6.07) is 8.22. The van der Waals surface area contributed by atoms with Crippen LogP contribution in [0.2, 0.25) is 0 Å². The van der Waals surface area contributed by atoms with E-state index in [1.54, 1.807) is 12.1 Å². The van der Waals surface area contributed by atoms with Gasteiger partial charge in [-0.1, -0.05) is 0 Å². The highest BCUT2D eigenvalue weighted by molar-refractivity contribution is 5.95. The molecular weight excluding hydrogens is 231 g/mol. The van der Waals surface area contributed by atoms with Crippen molar-refractivity contribution < 1.29 is 9.18 Å². The lowest BCUT2D eigenvalue weighted by Gasteiger charge is -2.11. The topological polar surface area (TPSA) is 34.0 Å². The Morgan fingerprint density at radius 2 is 1.94 bits per heavy atom. The molecule has 0 radical (unpaired) electrons. The second-order valence-corrected chi connectivity index (χ2v) is 4.38. The van der Waals surface area contributed by atoms with E-state index in [0.717, 1.165) is 5.69 Å². The van der Waals surface area contributed by atoms with E-state index in [1.807, 2.05) is 42.9 Å². The van der Waals surface area contributed by atoms with Crippen molar-refractivity contribution in [3.05, 3.63) is 54.1 Å². The number of nitrogens with zero attached hydrogens (tertiary/aromatic N) is 1. The van der Waals surface area contributed by atoms with Crippen LogP contribution in [0.15, 0.2) is 42.7 Å². The molecule has 1 aromatic carbocycles. The zero-order valence-electron chi connectivity index (χ0n) is 10.4. The van der Waals surface area contributed by atoms with E-state index in [4.69, 9.17) is 0 Å². The summed E-state index contributed by atoms with van der Waals surface area (Å²) in [4.78, 5) is 11.8. The molecule has 94 valence electrons. The molecule has 0 bridgehead atoms. The number of carbonyl (C=O) groups excluding carboxylic acids is 1. The molecule has 0 aliphatic heterocycles. The summed E-state index contributed by atoms with van der Waals surface area (Å²) >= 11 is 0. The van der Waals surface area contributed by atoms with Gasteiger partial charge in [0.15, 0.2) is 0 Å². The Morgan fingerprint density at radius 1 is 1.28 bits per heavy atom. The Kier molecular flexibility index (Phi) is 3.46. The average Bonchev–Trinajstić information content (AvgIpc) is 2.82. The van der Waals surface area contributed by atoms with E-state index in [-0.39, 0.29) is 11.6 Å². The molecule has 1 heterocycles. The molecule has 0 aliphatic rings. The van der Waals surface area contributed by atoms with Crippen LogP contribution < -0.4 is 5.32 Å². The van der Waals surface area contributed by atoms with Gasteiger partial charge >= 0.3 is 0 Å². The van der Waals surface area contributed by atoms with Crippen LogP contribution in [0.3, 0.4) is 0 Å². The van der Waals surface area contributed by atoms with Crippen molar-refractivity contribution in [2.24, 2.45) is 0 Å². The zero-order chi connectivity index (χ0) is 13.1. The maximum absolute atomic E-state index is 13.6. The summed E-state index contributed by atoms with van der Waals surface area (Å²) in [7, 11) is 0. The number of rotatable bonds is 3. The molecule has 0 fully saturated rings. The van der Waals surface area contributed by atoms with Gasteiger partial charge in [-0.3, -0.25) is 4.79 Å². The van der Waals surface area contributed by atoms with Gasteiger partial charge in [-0.25, -0.2) is 4.39 Å². The minimum atomic E-state index is -0.510. The Hall–Kier alpha value is -2.10. The third kappa shape index (κ3) is 2.59. The molecule has 18 heavy (non-hydrogen) atoms. The van der Waals surface area contributed by atoms with Crippen LogP contribution in [0.1, 0.15) is 24.2 Å². The van der Waals surface area contributed by atoms with Crippen LogP contribution in [0, 0.1) is 5.82 Å². The van der Waals surface area contributed by atoms with Crippen LogP contribution in [0.4, 0.5) is 4.39 Å². The van der Waals surface area contributed by atoms with Crippen LogP contribution in [0.25, 0.3) is 5.69 Å². The monoisotopic (exact) mass is 246 g/mol. The van der Waals surface area contributed by atoms with Crippen molar-refractivity contribution in [1.82, 2.24) is 9.88 Å². The standard InChI is InChI=1S/C14H15FN2O/c1-10(2)16-14(18)12-9-11(5-6-13(12)15)17-7-3-4-8-17/h3-10H,1-2H3,(H,16,18). The smallest absolute Gasteiger partial charge is 0.254 e. The predicted molar refractivity (Wildman–Crippen MR) is 68.3 cm³/mol. The summed E-state index contributed by atoms with van der Waals surface area (Å²) < 4.78 is 15.5. The number of amides is 1. The van der Waals surface area contributed by atoms with Gasteiger partial charge in [0.2, 0.25) is 0 Å². The molecule has 0 unspecified atom stereocenters. The van der Waals surface area contributed by atoms with Gasteiger partial charge in [-0.05, 0) is 44.2 Å². The lowest BCUT2D eigenvalue weighted by molar-refractivity contribution is 0.0939. The van der Waals surface area contributed by atoms with Gasteiger partial charge in [-0.15, -0.1) is 0 Å². The second kappa shape index (κ2) is 5.04. The van der Waals surface area contributed by atoms with Gasteiger partial charge < -0.3 is 9.88 Å². The molecule has 0 saturated carbocycles. The van der Waals surface area contributed by atoms with E-state index in [1.165, 1.54) is 6.07 Å².